The van der Waals surface area contributed by atoms with Gasteiger partial charge in [-0.05, 0) is 24.6 Å². The van der Waals surface area contributed by atoms with Crippen molar-refractivity contribution in [2.75, 3.05) is 0 Å². The molecule has 0 spiro atoms. The first-order chi connectivity index (χ1) is 10.2. The van der Waals surface area contributed by atoms with E-state index in [4.69, 9.17) is 15.7 Å². The van der Waals surface area contributed by atoms with Gasteiger partial charge in [-0.25, -0.2) is 4.39 Å². The third-order valence-corrected chi connectivity index (χ3v) is 3.32. The van der Waals surface area contributed by atoms with Gasteiger partial charge < -0.3 is 10.5 Å². The van der Waals surface area contributed by atoms with Crippen molar-refractivity contribution in [1.29, 1.82) is 5.26 Å². The Kier molecular flexibility index (Phi) is 4.91. The van der Waals surface area contributed by atoms with Gasteiger partial charge in [-0.3, -0.25) is 0 Å². The van der Waals surface area contributed by atoms with E-state index in [0.717, 1.165) is 12.0 Å². The van der Waals surface area contributed by atoms with Crippen molar-refractivity contribution in [2.24, 2.45) is 5.73 Å². The molecule has 108 valence electrons. The van der Waals surface area contributed by atoms with Gasteiger partial charge in [-0.2, -0.15) is 5.26 Å². The second kappa shape index (κ2) is 6.87. The van der Waals surface area contributed by atoms with E-state index in [1.165, 1.54) is 6.07 Å². The van der Waals surface area contributed by atoms with E-state index < -0.39 is 5.82 Å². The molecule has 0 heterocycles. The molecule has 0 aliphatic carbocycles. The summed E-state index contributed by atoms with van der Waals surface area (Å²) in [7, 11) is 0. The number of hydrogen-bond donors (Lipinski definition) is 1. The minimum Gasteiger partial charge on any atom is -0.488 e. The second-order valence-corrected chi connectivity index (χ2v) is 4.76. The number of benzene rings is 2. The molecular formula is C17H17FN2O. The normalized spacial score (nSPS) is 11.7. The molecule has 2 aromatic rings. The Hall–Kier alpha value is -2.38. The summed E-state index contributed by atoms with van der Waals surface area (Å²) in [5, 5.41) is 8.72. The van der Waals surface area contributed by atoms with Crippen LogP contribution in [-0.4, -0.2) is 0 Å². The highest BCUT2D eigenvalue weighted by atomic mass is 19.1. The molecule has 0 aromatic heterocycles. The van der Waals surface area contributed by atoms with Gasteiger partial charge in [0.1, 0.15) is 18.2 Å². The summed E-state index contributed by atoms with van der Waals surface area (Å²) in [4.78, 5) is 0. The molecule has 0 unspecified atom stereocenters. The molecule has 3 nitrogen and oxygen atoms in total. The zero-order chi connectivity index (χ0) is 15.2. The predicted octanol–water partition coefficient (Wildman–Crippen LogP) is 3.69. The number of nitrogens with zero attached hydrogens (tertiary/aromatic N) is 1. The average Bonchev–Trinajstić information content (AvgIpc) is 2.53. The Morgan fingerprint density at radius 3 is 2.71 bits per heavy atom. The van der Waals surface area contributed by atoms with Crippen molar-refractivity contribution < 1.29 is 9.13 Å². The van der Waals surface area contributed by atoms with Gasteiger partial charge in [-0.15, -0.1) is 0 Å². The minimum absolute atomic E-state index is 0.102. The van der Waals surface area contributed by atoms with E-state index >= 15 is 0 Å². The lowest BCUT2D eigenvalue weighted by atomic mass is 10.0. The van der Waals surface area contributed by atoms with E-state index in [-0.39, 0.29) is 12.6 Å². The lowest BCUT2D eigenvalue weighted by Gasteiger charge is -2.15. The summed E-state index contributed by atoms with van der Waals surface area (Å²) in [6, 6.07) is 13.7. The van der Waals surface area contributed by atoms with Crippen molar-refractivity contribution in [3.63, 3.8) is 0 Å². The minimum atomic E-state index is -0.439. The van der Waals surface area contributed by atoms with Crippen LogP contribution >= 0.6 is 0 Å². The van der Waals surface area contributed by atoms with Crippen molar-refractivity contribution in [3.8, 4) is 11.8 Å². The standard InChI is InChI=1S/C17H17FN2O/c1-2-16(20)14-5-3-4-6-17(14)21-11-13-8-7-12(10-19)9-15(13)18/h3-9,16H,2,11,20H2,1H3/t16-/m0/s1. The summed E-state index contributed by atoms with van der Waals surface area (Å²) in [5.74, 6) is 0.224. The zero-order valence-corrected chi connectivity index (χ0v) is 11.8. The molecule has 0 fully saturated rings. The lowest BCUT2D eigenvalue weighted by Crippen LogP contribution is -2.11. The van der Waals surface area contributed by atoms with E-state index in [1.54, 1.807) is 12.1 Å². The van der Waals surface area contributed by atoms with Crippen LogP contribution < -0.4 is 10.5 Å². The highest BCUT2D eigenvalue weighted by molar-refractivity contribution is 5.37. The monoisotopic (exact) mass is 284 g/mol. The Labute approximate surface area is 123 Å². The van der Waals surface area contributed by atoms with Crippen molar-refractivity contribution in [1.82, 2.24) is 0 Å². The van der Waals surface area contributed by atoms with Crippen LogP contribution in [0, 0.1) is 17.1 Å². The number of halogens is 1. The summed E-state index contributed by atoms with van der Waals surface area (Å²) in [6.45, 7) is 2.10. The fourth-order valence-electron chi connectivity index (χ4n) is 2.03. The maximum atomic E-state index is 13.8. The Morgan fingerprint density at radius 2 is 2.05 bits per heavy atom. The quantitative estimate of drug-likeness (QED) is 0.911. The molecule has 21 heavy (non-hydrogen) atoms. The van der Waals surface area contributed by atoms with Gasteiger partial charge in [0, 0.05) is 17.2 Å². The maximum Gasteiger partial charge on any atom is 0.131 e. The van der Waals surface area contributed by atoms with E-state index in [0.29, 0.717) is 16.9 Å². The SMILES string of the molecule is CC[C@H](N)c1ccccc1OCc1ccc(C#N)cc1F. The van der Waals surface area contributed by atoms with Crippen LogP contribution in [0.3, 0.4) is 0 Å². The summed E-state index contributed by atoms with van der Waals surface area (Å²) >= 11 is 0. The fourth-order valence-corrected chi connectivity index (χ4v) is 2.03. The molecule has 0 bridgehead atoms. The largest absolute Gasteiger partial charge is 0.488 e. The van der Waals surface area contributed by atoms with Crippen LogP contribution in [0.25, 0.3) is 0 Å². The first-order valence-electron chi connectivity index (χ1n) is 6.81. The number of nitriles is 1. The molecule has 0 saturated heterocycles. The topological polar surface area (TPSA) is 59.0 Å². The summed E-state index contributed by atoms with van der Waals surface area (Å²) < 4.78 is 19.5. The molecule has 0 amide bonds. The van der Waals surface area contributed by atoms with Crippen LogP contribution in [0.5, 0.6) is 5.75 Å². The third kappa shape index (κ3) is 3.59. The zero-order valence-electron chi connectivity index (χ0n) is 11.8. The van der Waals surface area contributed by atoms with Crippen molar-refractivity contribution >= 4 is 0 Å². The van der Waals surface area contributed by atoms with Gasteiger partial charge in [0.05, 0.1) is 11.6 Å². The highest BCUT2D eigenvalue weighted by Crippen LogP contribution is 2.26. The Balaban J connectivity index is 2.16. The Bertz CT molecular complexity index is 664. The predicted molar refractivity (Wildman–Crippen MR) is 79.1 cm³/mol. The number of para-hydroxylation sites is 1. The highest BCUT2D eigenvalue weighted by Gasteiger charge is 2.11. The van der Waals surface area contributed by atoms with Gasteiger partial charge in [0.25, 0.3) is 0 Å². The first-order valence-corrected chi connectivity index (χ1v) is 6.81. The van der Waals surface area contributed by atoms with Gasteiger partial charge in [0.15, 0.2) is 0 Å². The molecular weight excluding hydrogens is 267 g/mol. The molecule has 4 heteroatoms. The van der Waals surface area contributed by atoms with E-state index in [2.05, 4.69) is 0 Å². The average molecular weight is 284 g/mol. The molecule has 1 atom stereocenters. The van der Waals surface area contributed by atoms with Crippen LogP contribution in [0.2, 0.25) is 0 Å². The van der Waals surface area contributed by atoms with Crippen LogP contribution in [-0.2, 0) is 6.61 Å². The smallest absolute Gasteiger partial charge is 0.131 e. The molecule has 0 aliphatic rings. The lowest BCUT2D eigenvalue weighted by molar-refractivity contribution is 0.294. The van der Waals surface area contributed by atoms with Gasteiger partial charge >= 0.3 is 0 Å². The molecule has 0 radical (unpaired) electrons. The fraction of sp³-hybridized carbons (Fsp3) is 0.235. The summed E-state index contributed by atoms with van der Waals surface area (Å²) in [5.41, 5.74) is 7.66. The molecule has 2 rings (SSSR count). The Morgan fingerprint density at radius 1 is 1.29 bits per heavy atom. The van der Waals surface area contributed by atoms with Crippen molar-refractivity contribution in [2.45, 2.75) is 26.0 Å². The van der Waals surface area contributed by atoms with Crippen molar-refractivity contribution in [3.05, 3.63) is 65.0 Å². The van der Waals surface area contributed by atoms with E-state index in [1.807, 2.05) is 37.3 Å². The molecule has 2 N–H and O–H groups in total. The van der Waals surface area contributed by atoms with Crippen LogP contribution in [0.15, 0.2) is 42.5 Å². The molecule has 0 aliphatic heterocycles. The van der Waals surface area contributed by atoms with Gasteiger partial charge in [-0.1, -0.05) is 31.2 Å². The second-order valence-electron chi connectivity index (χ2n) is 4.76. The number of rotatable bonds is 5. The molecule has 2 aromatic carbocycles. The first kappa shape index (κ1) is 15.0. The number of hydrogen-bond acceptors (Lipinski definition) is 3. The van der Waals surface area contributed by atoms with Crippen LogP contribution in [0.4, 0.5) is 4.39 Å². The van der Waals surface area contributed by atoms with Crippen LogP contribution in [0.1, 0.15) is 36.1 Å². The molecule has 0 saturated carbocycles. The third-order valence-electron chi connectivity index (χ3n) is 3.32. The van der Waals surface area contributed by atoms with Gasteiger partial charge in [0.2, 0.25) is 0 Å². The maximum absolute atomic E-state index is 13.8. The van der Waals surface area contributed by atoms with E-state index in [9.17, 15) is 4.39 Å². The summed E-state index contributed by atoms with van der Waals surface area (Å²) in [6.07, 6.45) is 0.797. The number of ether oxygens (including phenoxy) is 1. The number of nitrogens with two attached hydrogens (primary N) is 1.